The second-order valence-electron chi connectivity index (χ2n) is 8.56. The molecule has 1 aromatic heterocycles. The third kappa shape index (κ3) is 3.77. The maximum atomic E-state index is 12.7. The van der Waals surface area contributed by atoms with E-state index in [1.54, 1.807) is 19.0 Å². The van der Waals surface area contributed by atoms with Gasteiger partial charge in [0.1, 0.15) is 6.54 Å². The van der Waals surface area contributed by atoms with Gasteiger partial charge in [-0.2, -0.15) is 0 Å². The molecule has 1 fully saturated rings. The van der Waals surface area contributed by atoms with Gasteiger partial charge >= 0.3 is 0 Å². The second-order valence-corrected chi connectivity index (χ2v) is 8.56. The van der Waals surface area contributed by atoms with Crippen LogP contribution in [0.4, 0.5) is 5.69 Å². The van der Waals surface area contributed by atoms with Crippen LogP contribution in [0.3, 0.4) is 0 Å². The van der Waals surface area contributed by atoms with Crippen LogP contribution in [0.15, 0.2) is 42.1 Å². The monoisotopic (exact) mass is 367 g/mol. The van der Waals surface area contributed by atoms with E-state index in [0.717, 1.165) is 16.6 Å². The molecule has 1 aliphatic carbocycles. The molecule has 2 amide bonds. The van der Waals surface area contributed by atoms with Crippen molar-refractivity contribution in [2.24, 2.45) is 17.3 Å². The molecule has 0 spiro atoms. The van der Waals surface area contributed by atoms with E-state index in [9.17, 15) is 9.59 Å². The molecule has 1 heterocycles. The van der Waals surface area contributed by atoms with Crippen molar-refractivity contribution in [3.8, 4) is 0 Å². The van der Waals surface area contributed by atoms with Crippen molar-refractivity contribution in [2.75, 3.05) is 19.4 Å². The first-order valence-electron chi connectivity index (χ1n) is 9.36. The Bertz CT molecular complexity index is 917. The number of nitrogens with zero attached hydrogens (tertiary/aromatic N) is 2. The lowest BCUT2D eigenvalue weighted by Crippen LogP contribution is -2.25. The summed E-state index contributed by atoms with van der Waals surface area (Å²) >= 11 is 0. The van der Waals surface area contributed by atoms with Crippen molar-refractivity contribution in [1.29, 1.82) is 0 Å². The highest BCUT2D eigenvalue weighted by Gasteiger charge is 2.60. The van der Waals surface area contributed by atoms with Crippen molar-refractivity contribution < 1.29 is 9.59 Å². The number of carbonyl (C=O) groups excluding carboxylic acids is 2. The lowest BCUT2D eigenvalue weighted by Gasteiger charge is -2.12. The summed E-state index contributed by atoms with van der Waals surface area (Å²) in [6, 6.07) is 7.80. The predicted octanol–water partition coefficient (Wildman–Crippen LogP) is 3.91. The molecule has 0 saturated heterocycles. The van der Waals surface area contributed by atoms with Crippen LogP contribution in [0.2, 0.25) is 0 Å². The Kier molecular flexibility index (Phi) is 4.89. The molecule has 1 saturated carbocycles. The number of hydrogen-bond donors (Lipinski definition) is 1. The Morgan fingerprint density at radius 3 is 2.56 bits per heavy atom. The van der Waals surface area contributed by atoms with Gasteiger partial charge in [0.2, 0.25) is 11.8 Å². The minimum atomic E-state index is 0.00131. The third-order valence-corrected chi connectivity index (χ3v) is 5.55. The highest BCUT2D eigenvalue weighted by molar-refractivity contribution is 5.97. The minimum Gasteiger partial charge on any atom is -0.347 e. The van der Waals surface area contributed by atoms with Crippen molar-refractivity contribution in [3.63, 3.8) is 0 Å². The Labute approximate surface area is 161 Å². The molecule has 0 radical (unpaired) electrons. The molecular formula is C22H29N3O2. The van der Waals surface area contributed by atoms with E-state index in [0.29, 0.717) is 12.5 Å². The summed E-state index contributed by atoms with van der Waals surface area (Å²) in [5, 5.41) is 4.08. The molecule has 1 aliphatic rings. The summed E-state index contributed by atoms with van der Waals surface area (Å²) in [6.07, 6.45) is 4.11. The first-order chi connectivity index (χ1) is 12.6. The van der Waals surface area contributed by atoms with Crippen LogP contribution in [0, 0.1) is 17.3 Å². The summed E-state index contributed by atoms with van der Waals surface area (Å²) in [4.78, 5) is 26.3. The van der Waals surface area contributed by atoms with Gasteiger partial charge in [-0.15, -0.1) is 0 Å². The van der Waals surface area contributed by atoms with Gasteiger partial charge in [-0.3, -0.25) is 9.59 Å². The van der Waals surface area contributed by atoms with Gasteiger partial charge in [0.05, 0.1) is 5.92 Å². The maximum Gasteiger partial charge on any atom is 0.241 e. The average Bonchev–Trinajstić information content (AvgIpc) is 2.91. The Morgan fingerprint density at radius 1 is 1.22 bits per heavy atom. The number of amides is 2. The van der Waals surface area contributed by atoms with Crippen LogP contribution in [-0.4, -0.2) is 35.4 Å². The second kappa shape index (κ2) is 6.87. The first-order valence-corrected chi connectivity index (χ1v) is 9.36. The minimum absolute atomic E-state index is 0.00131. The van der Waals surface area contributed by atoms with Gasteiger partial charge in [0.15, 0.2) is 0 Å². The average molecular weight is 367 g/mol. The molecule has 27 heavy (non-hydrogen) atoms. The summed E-state index contributed by atoms with van der Waals surface area (Å²) in [7, 11) is 3.51. The molecule has 2 atom stereocenters. The van der Waals surface area contributed by atoms with Gasteiger partial charge in [-0.05, 0) is 49.4 Å². The zero-order valence-corrected chi connectivity index (χ0v) is 17.0. The van der Waals surface area contributed by atoms with Crippen molar-refractivity contribution in [2.45, 2.75) is 34.2 Å². The Balaban J connectivity index is 1.74. The number of fused-ring (bicyclic) bond motifs is 1. The summed E-state index contributed by atoms with van der Waals surface area (Å²) in [6.45, 7) is 8.74. The van der Waals surface area contributed by atoms with E-state index in [2.05, 4.69) is 39.1 Å². The number of carbonyl (C=O) groups is 2. The van der Waals surface area contributed by atoms with E-state index in [4.69, 9.17) is 0 Å². The van der Waals surface area contributed by atoms with E-state index in [-0.39, 0.29) is 23.1 Å². The van der Waals surface area contributed by atoms with Crippen molar-refractivity contribution in [1.82, 2.24) is 9.47 Å². The van der Waals surface area contributed by atoms with Crippen molar-refractivity contribution in [3.05, 3.63) is 42.1 Å². The molecule has 0 unspecified atom stereocenters. The van der Waals surface area contributed by atoms with Crippen LogP contribution < -0.4 is 5.32 Å². The maximum absolute atomic E-state index is 12.7. The number of hydrogen-bond acceptors (Lipinski definition) is 2. The highest BCUT2D eigenvalue weighted by Crippen LogP contribution is 2.59. The van der Waals surface area contributed by atoms with Gasteiger partial charge in [-0.1, -0.05) is 25.5 Å². The van der Waals surface area contributed by atoms with Crippen molar-refractivity contribution >= 4 is 28.4 Å². The number of aromatic nitrogens is 1. The molecule has 0 aliphatic heterocycles. The standard InChI is InChI=1S/C22H29N3O2/c1-14(2)11-17-20(22(17,3)4)21(27)23-16-7-8-18-15(12-16)9-10-25(18)13-19(26)24(5)6/h7-12,17,20H,13H2,1-6H3,(H,23,27)/t17-,20-/m1/s1. The molecule has 2 aromatic rings. The largest absolute Gasteiger partial charge is 0.347 e. The van der Waals surface area contributed by atoms with Crippen LogP contribution in [-0.2, 0) is 16.1 Å². The molecule has 0 bridgehead atoms. The zero-order valence-electron chi connectivity index (χ0n) is 17.0. The fraction of sp³-hybridized carbons (Fsp3) is 0.455. The van der Waals surface area contributed by atoms with Crippen LogP contribution in [0.5, 0.6) is 0 Å². The fourth-order valence-electron chi connectivity index (χ4n) is 3.77. The molecular weight excluding hydrogens is 338 g/mol. The van der Waals surface area contributed by atoms with E-state index < -0.39 is 0 Å². The summed E-state index contributed by atoms with van der Waals surface area (Å²) < 4.78 is 1.93. The number of nitrogens with one attached hydrogen (secondary N) is 1. The lowest BCUT2D eigenvalue weighted by atomic mass is 10.1. The van der Waals surface area contributed by atoms with Gasteiger partial charge in [-0.25, -0.2) is 0 Å². The number of allylic oxidation sites excluding steroid dienone is 2. The Morgan fingerprint density at radius 2 is 1.93 bits per heavy atom. The van der Waals surface area contributed by atoms with Crippen LogP contribution in [0.1, 0.15) is 27.7 Å². The topological polar surface area (TPSA) is 54.3 Å². The summed E-state index contributed by atoms with van der Waals surface area (Å²) in [5.41, 5.74) is 3.03. The SMILES string of the molecule is CC(C)=C[C@@H]1[C@H](C(=O)Nc2ccc3c(ccn3CC(=O)N(C)C)c2)C1(C)C. The van der Waals surface area contributed by atoms with Gasteiger partial charge in [0.25, 0.3) is 0 Å². The lowest BCUT2D eigenvalue weighted by molar-refractivity contribution is -0.129. The molecule has 1 aromatic carbocycles. The number of rotatable bonds is 5. The summed E-state index contributed by atoms with van der Waals surface area (Å²) in [5.74, 6) is 0.421. The first kappa shape index (κ1) is 19.2. The molecule has 3 rings (SSSR count). The fourth-order valence-corrected chi connectivity index (χ4v) is 3.77. The highest BCUT2D eigenvalue weighted by atomic mass is 16.2. The van der Waals surface area contributed by atoms with Gasteiger partial charge in [0, 0.05) is 36.9 Å². The van der Waals surface area contributed by atoms with E-state index in [1.165, 1.54) is 5.57 Å². The molecule has 144 valence electrons. The number of likely N-dealkylation sites (N-methyl/N-ethyl adjacent to an activating group) is 1. The Hall–Kier alpha value is -2.56. The normalized spacial score (nSPS) is 20.2. The smallest absolute Gasteiger partial charge is 0.241 e. The number of anilines is 1. The molecule has 5 heteroatoms. The number of benzene rings is 1. The molecule has 1 N–H and O–H groups in total. The van der Waals surface area contributed by atoms with Crippen LogP contribution in [0.25, 0.3) is 10.9 Å². The zero-order chi connectivity index (χ0) is 19.9. The third-order valence-electron chi connectivity index (χ3n) is 5.55. The van der Waals surface area contributed by atoms with Crippen LogP contribution >= 0.6 is 0 Å². The predicted molar refractivity (Wildman–Crippen MR) is 109 cm³/mol. The quantitative estimate of drug-likeness (QED) is 0.815. The van der Waals surface area contributed by atoms with Gasteiger partial charge < -0.3 is 14.8 Å². The van der Waals surface area contributed by atoms with E-state index in [1.807, 2.05) is 35.0 Å². The molecule has 5 nitrogen and oxygen atoms in total. The van der Waals surface area contributed by atoms with E-state index >= 15 is 0 Å².